The molecule has 110 valence electrons. The normalized spacial score (nSPS) is 20.3. The lowest BCUT2D eigenvalue weighted by Gasteiger charge is -2.02. The molecule has 0 amide bonds. The van der Waals surface area contributed by atoms with E-state index in [9.17, 15) is 4.79 Å². The SMILES string of the molecule is Cc1cccc(-c2nc(CC(=O)OCC3CC3C)cs2)c1. The molecule has 0 spiro atoms. The van der Waals surface area contributed by atoms with E-state index in [2.05, 4.69) is 31.0 Å². The summed E-state index contributed by atoms with van der Waals surface area (Å²) in [6.07, 6.45) is 1.45. The van der Waals surface area contributed by atoms with Gasteiger partial charge in [0, 0.05) is 10.9 Å². The van der Waals surface area contributed by atoms with Crippen LogP contribution in [0.5, 0.6) is 0 Å². The van der Waals surface area contributed by atoms with Crippen LogP contribution in [0.4, 0.5) is 0 Å². The molecule has 2 aromatic rings. The molecular weight excluding hydrogens is 282 g/mol. The Balaban J connectivity index is 1.58. The number of esters is 1. The maximum atomic E-state index is 11.8. The summed E-state index contributed by atoms with van der Waals surface area (Å²) in [7, 11) is 0. The van der Waals surface area contributed by atoms with Crippen molar-refractivity contribution in [3.63, 3.8) is 0 Å². The predicted octanol–water partition coefficient (Wildman–Crippen LogP) is 3.86. The van der Waals surface area contributed by atoms with Gasteiger partial charge in [-0.3, -0.25) is 4.79 Å². The summed E-state index contributed by atoms with van der Waals surface area (Å²) in [5.74, 6) is 1.12. The number of benzene rings is 1. The summed E-state index contributed by atoms with van der Waals surface area (Å²) >= 11 is 1.57. The highest BCUT2D eigenvalue weighted by molar-refractivity contribution is 7.13. The van der Waals surface area contributed by atoms with Crippen LogP contribution in [0.2, 0.25) is 0 Å². The Morgan fingerprint density at radius 2 is 2.29 bits per heavy atom. The minimum absolute atomic E-state index is 0.171. The van der Waals surface area contributed by atoms with Crippen molar-refractivity contribution in [2.75, 3.05) is 6.61 Å². The summed E-state index contributed by atoms with van der Waals surface area (Å²) in [4.78, 5) is 16.3. The van der Waals surface area contributed by atoms with Crippen LogP contribution in [0.3, 0.4) is 0 Å². The van der Waals surface area contributed by atoms with Crippen molar-refractivity contribution in [3.8, 4) is 10.6 Å². The molecule has 2 atom stereocenters. The molecule has 2 unspecified atom stereocenters. The second-order valence-corrected chi connectivity index (χ2v) is 6.70. The fraction of sp³-hybridized carbons (Fsp3) is 0.412. The molecule has 1 aliphatic carbocycles. The number of aromatic nitrogens is 1. The number of hydrogen-bond donors (Lipinski definition) is 0. The number of thiazole rings is 1. The van der Waals surface area contributed by atoms with Crippen LogP contribution in [0, 0.1) is 18.8 Å². The number of carbonyl (C=O) groups is 1. The summed E-state index contributed by atoms with van der Waals surface area (Å²) < 4.78 is 5.30. The van der Waals surface area contributed by atoms with Gasteiger partial charge in [0.05, 0.1) is 18.7 Å². The lowest BCUT2D eigenvalue weighted by atomic mass is 10.1. The Morgan fingerprint density at radius 3 is 3.00 bits per heavy atom. The van der Waals surface area contributed by atoms with Gasteiger partial charge in [0.25, 0.3) is 0 Å². The quantitative estimate of drug-likeness (QED) is 0.787. The molecule has 1 fully saturated rings. The van der Waals surface area contributed by atoms with Crippen molar-refractivity contribution < 1.29 is 9.53 Å². The van der Waals surface area contributed by atoms with Crippen LogP contribution in [-0.2, 0) is 16.0 Å². The zero-order chi connectivity index (χ0) is 14.8. The molecule has 0 N–H and O–H groups in total. The van der Waals surface area contributed by atoms with Crippen LogP contribution in [0.25, 0.3) is 10.6 Å². The van der Waals surface area contributed by atoms with Gasteiger partial charge in [-0.1, -0.05) is 30.7 Å². The highest BCUT2D eigenvalue weighted by atomic mass is 32.1. The maximum absolute atomic E-state index is 11.8. The zero-order valence-electron chi connectivity index (χ0n) is 12.3. The van der Waals surface area contributed by atoms with Gasteiger partial charge < -0.3 is 4.74 Å². The number of nitrogens with zero attached hydrogens (tertiary/aromatic N) is 1. The topological polar surface area (TPSA) is 39.2 Å². The van der Waals surface area contributed by atoms with Crippen LogP contribution in [0.1, 0.15) is 24.6 Å². The minimum Gasteiger partial charge on any atom is -0.465 e. The van der Waals surface area contributed by atoms with Gasteiger partial charge in [0.2, 0.25) is 0 Å². The average molecular weight is 301 g/mol. The Bertz CT molecular complexity index is 650. The molecule has 1 saturated carbocycles. The molecule has 0 bridgehead atoms. The van der Waals surface area contributed by atoms with Crippen molar-refractivity contribution in [1.29, 1.82) is 0 Å². The molecule has 4 heteroatoms. The predicted molar refractivity (Wildman–Crippen MR) is 84.2 cm³/mol. The monoisotopic (exact) mass is 301 g/mol. The molecule has 3 nitrogen and oxygen atoms in total. The van der Waals surface area contributed by atoms with E-state index in [-0.39, 0.29) is 12.4 Å². The number of hydrogen-bond acceptors (Lipinski definition) is 4. The second-order valence-electron chi connectivity index (χ2n) is 5.85. The van der Waals surface area contributed by atoms with Gasteiger partial charge in [-0.15, -0.1) is 11.3 Å². The standard InChI is InChI=1S/C17H19NO2S/c1-11-4-3-5-13(6-11)17-18-15(10-21-17)8-16(19)20-9-14-7-12(14)2/h3-6,10,12,14H,7-9H2,1-2H3. The average Bonchev–Trinajstić information content (AvgIpc) is 2.97. The molecule has 21 heavy (non-hydrogen) atoms. The number of carbonyl (C=O) groups excluding carboxylic acids is 1. The van der Waals surface area contributed by atoms with E-state index in [1.54, 1.807) is 11.3 Å². The van der Waals surface area contributed by atoms with Crippen LogP contribution in [-0.4, -0.2) is 17.6 Å². The van der Waals surface area contributed by atoms with Gasteiger partial charge in [-0.05, 0) is 31.2 Å². The van der Waals surface area contributed by atoms with E-state index < -0.39 is 0 Å². The molecular formula is C17H19NO2S. The van der Waals surface area contributed by atoms with E-state index in [1.807, 2.05) is 17.5 Å². The third kappa shape index (κ3) is 3.70. The minimum atomic E-state index is -0.171. The Morgan fingerprint density at radius 1 is 1.48 bits per heavy atom. The summed E-state index contributed by atoms with van der Waals surface area (Å²) in [5.41, 5.74) is 3.11. The van der Waals surface area contributed by atoms with Gasteiger partial charge >= 0.3 is 5.97 Å². The van der Waals surface area contributed by atoms with E-state index in [0.29, 0.717) is 18.4 Å². The summed E-state index contributed by atoms with van der Waals surface area (Å²) in [6.45, 7) is 4.82. The Hall–Kier alpha value is -1.68. The van der Waals surface area contributed by atoms with Gasteiger partial charge in [0.15, 0.2) is 0 Å². The van der Waals surface area contributed by atoms with E-state index in [1.165, 1.54) is 12.0 Å². The fourth-order valence-electron chi connectivity index (χ4n) is 2.33. The van der Waals surface area contributed by atoms with Crippen molar-refractivity contribution >= 4 is 17.3 Å². The molecule has 1 aliphatic rings. The smallest absolute Gasteiger partial charge is 0.311 e. The molecule has 0 aliphatic heterocycles. The molecule has 0 radical (unpaired) electrons. The van der Waals surface area contributed by atoms with Crippen molar-refractivity contribution in [3.05, 3.63) is 40.9 Å². The fourth-order valence-corrected chi connectivity index (χ4v) is 3.15. The molecule has 1 aromatic heterocycles. The van der Waals surface area contributed by atoms with Crippen molar-refractivity contribution in [2.45, 2.75) is 26.7 Å². The third-order valence-electron chi connectivity index (χ3n) is 3.88. The number of rotatable bonds is 5. The van der Waals surface area contributed by atoms with Gasteiger partial charge in [0.1, 0.15) is 5.01 Å². The van der Waals surface area contributed by atoms with Crippen molar-refractivity contribution in [1.82, 2.24) is 4.98 Å². The van der Waals surface area contributed by atoms with E-state index in [4.69, 9.17) is 4.74 Å². The van der Waals surface area contributed by atoms with Crippen LogP contribution < -0.4 is 0 Å². The van der Waals surface area contributed by atoms with Crippen molar-refractivity contribution in [2.24, 2.45) is 11.8 Å². The van der Waals surface area contributed by atoms with Gasteiger partial charge in [-0.25, -0.2) is 4.98 Å². The van der Waals surface area contributed by atoms with E-state index >= 15 is 0 Å². The first-order valence-corrected chi connectivity index (χ1v) is 8.17. The van der Waals surface area contributed by atoms with E-state index in [0.717, 1.165) is 16.3 Å². The van der Waals surface area contributed by atoms with Gasteiger partial charge in [-0.2, -0.15) is 0 Å². The maximum Gasteiger partial charge on any atom is 0.311 e. The first-order chi connectivity index (χ1) is 10.1. The highest BCUT2D eigenvalue weighted by Crippen LogP contribution is 2.37. The Kier molecular flexibility index (Phi) is 4.06. The summed E-state index contributed by atoms with van der Waals surface area (Å²) in [6, 6.07) is 8.24. The molecule has 1 heterocycles. The largest absolute Gasteiger partial charge is 0.465 e. The first-order valence-electron chi connectivity index (χ1n) is 7.29. The number of ether oxygens (including phenoxy) is 1. The first kappa shape index (κ1) is 14.3. The summed E-state index contributed by atoms with van der Waals surface area (Å²) in [5, 5.41) is 2.90. The molecule has 0 saturated heterocycles. The Labute approximate surface area is 129 Å². The second kappa shape index (κ2) is 5.98. The lowest BCUT2D eigenvalue weighted by Crippen LogP contribution is -2.10. The zero-order valence-corrected chi connectivity index (χ0v) is 13.2. The lowest BCUT2D eigenvalue weighted by molar-refractivity contribution is -0.143. The van der Waals surface area contributed by atoms with Crippen LogP contribution in [0.15, 0.2) is 29.6 Å². The molecule has 1 aromatic carbocycles. The molecule has 3 rings (SSSR count). The third-order valence-corrected chi connectivity index (χ3v) is 4.82. The number of aryl methyl sites for hydroxylation is 1. The van der Waals surface area contributed by atoms with Crippen LogP contribution >= 0.6 is 11.3 Å². The highest BCUT2D eigenvalue weighted by Gasteiger charge is 2.33.